The predicted molar refractivity (Wildman–Crippen MR) is 144 cm³/mol. The fourth-order valence-electron chi connectivity index (χ4n) is 4.51. The smallest absolute Gasteiger partial charge is 0.335 e. The van der Waals surface area contributed by atoms with Gasteiger partial charge in [0.25, 0.3) is 0 Å². The quantitative estimate of drug-likeness (QED) is 0.460. The number of hydrogen-bond donors (Lipinski definition) is 3. The molecule has 2 saturated heterocycles. The highest BCUT2D eigenvalue weighted by Crippen LogP contribution is 2.32. The molecule has 0 spiro atoms. The third-order valence-corrected chi connectivity index (χ3v) is 6.52. The van der Waals surface area contributed by atoms with Crippen LogP contribution in [0.1, 0.15) is 10.4 Å². The van der Waals surface area contributed by atoms with E-state index in [-0.39, 0.29) is 5.56 Å². The topological polar surface area (TPSA) is 103 Å². The minimum atomic E-state index is -1.01. The summed E-state index contributed by atoms with van der Waals surface area (Å²) in [6.45, 7) is 6.36. The summed E-state index contributed by atoms with van der Waals surface area (Å²) in [6.07, 6.45) is 0. The summed E-state index contributed by atoms with van der Waals surface area (Å²) < 4.78 is 11.1. The van der Waals surface area contributed by atoms with Crippen LogP contribution in [-0.4, -0.2) is 69.7 Å². The van der Waals surface area contributed by atoms with Crippen LogP contribution in [0.3, 0.4) is 0 Å². The first-order chi connectivity index (χ1) is 18.0. The second-order valence-electron chi connectivity index (χ2n) is 8.98. The van der Waals surface area contributed by atoms with Gasteiger partial charge in [0.15, 0.2) is 0 Å². The van der Waals surface area contributed by atoms with Crippen molar-refractivity contribution in [2.75, 3.05) is 73.0 Å². The minimum Gasteiger partial charge on any atom is -0.478 e. The van der Waals surface area contributed by atoms with Gasteiger partial charge in [-0.05, 0) is 65.7 Å². The van der Waals surface area contributed by atoms with Gasteiger partial charge in [0.1, 0.15) is 0 Å². The molecule has 0 bridgehead atoms. The molecule has 0 unspecified atom stereocenters. The Kier molecular flexibility index (Phi) is 7.53. The van der Waals surface area contributed by atoms with Gasteiger partial charge in [0.05, 0.1) is 32.0 Å². The summed E-state index contributed by atoms with van der Waals surface area (Å²) in [4.78, 5) is 28.1. The van der Waals surface area contributed by atoms with Crippen LogP contribution >= 0.6 is 0 Å². The number of aromatic carboxylic acids is 1. The second-order valence-corrected chi connectivity index (χ2v) is 8.98. The van der Waals surface area contributed by atoms with Gasteiger partial charge in [-0.15, -0.1) is 0 Å². The normalized spacial score (nSPS) is 15.8. The van der Waals surface area contributed by atoms with Gasteiger partial charge in [-0.1, -0.05) is 12.1 Å². The van der Waals surface area contributed by atoms with Gasteiger partial charge >= 0.3 is 12.0 Å². The van der Waals surface area contributed by atoms with Crippen molar-refractivity contribution in [2.45, 2.75) is 0 Å². The Morgan fingerprint density at radius 2 is 1.11 bits per heavy atom. The van der Waals surface area contributed by atoms with E-state index in [1.807, 2.05) is 24.3 Å². The molecule has 2 heterocycles. The molecule has 0 saturated carbocycles. The van der Waals surface area contributed by atoms with Crippen molar-refractivity contribution < 1.29 is 24.2 Å². The number of morpholine rings is 2. The lowest BCUT2D eigenvalue weighted by molar-refractivity contribution is 0.0697. The number of ether oxygens (including phenoxy) is 2. The average molecular weight is 503 g/mol. The Hall–Kier alpha value is -4.08. The van der Waals surface area contributed by atoms with Crippen molar-refractivity contribution in [1.29, 1.82) is 0 Å². The SMILES string of the molecule is O=C(Nc1ccc(C(=O)O)cc1)Nc1ccc(-c2cc(N3CCOCC3)cc(N3CCOCC3)c2)cc1. The highest BCUT2D eigenvalue weighted by atomic mass is 16.5. The summed E-state index contributed by atoms with van der Waals surface area (Å²) in [5, 5.41) is 14.5. The van der Waals surface area contributed by atoms with Crippen LogP contribution < -0.4 is 20.4 Å². The number of hydrogen-bond acceptors (Lipinski definition) is 6. The standard InChI is InChI=1S/C28H30N4O5/c33-27(34)21-3-7-24(8-4-21)30-28(35)29-23-5-1-20(2-6-23)22-17-25(31-9-13-36-14-10-31)19-26(18-22)32-11-15-37-16-12-32/h1-8,17-19H,9-16H2,(H,33,34)(H2,29,30,35). The number of carboxylic acids is 1. The van der Waals surface area contributed by atoms with Gasteiger partial charge in [0.2, 0.25) is 0 Å². The predicted octanol–water partition coefficient (Wildman–Crippen LogP) is 4.37. The molecule has 0 atom stereocenters. The first-order valence-corrected chi connectivity index (χ1v) is 12.4. The maximum Gasteiger partial charge on any atom is 0.335 e. The Labute approximate surface area is 215 Å². The van der Waals surface area contributed by atoms with Gasteiger partial charge in [-0.3, -0.25) is 0 Å². The van der Waals surface area contributed by atoms with E-state index in [2.05, 4.69) is 38.6 Å². The van der Waals surface area contributed by atoms with Crippen LogP contribution in [0.15, 0.2) is 66.7 Å². The number of carbonyl (C=O) groups is 2. The van der Waals surface area contributed by atoms with Crippen LogP contribution in [0.2, 0.25) is 0 Å². The Bertz CT molecular complexity index is 1200. The average Bonchev–Trinajstić information content (AvgIpc) is 2.94. The minimum absolute atomic E-state index is 0.163. The number of urea groups is 1. The molecule has 3 aromatic rings. The van der Waals surface area contributed by atoms with Gasteiger partial charge in [0, 0.05) is 48.9 Å². The van der Waals surface area contributed by atoms with E-state index in [9.17, 15) is 9.59 Å². The highest BCUT2D eigenvalue weighted by Gasteiger charge is 2.17. The van der Waals surface area contributed by atoms with E-state index in [1.165, 1.54) is 23.5 Å². The largest absolute Gasteiger partial charge is 0.478 e. The molecule has 2 fully saturated rings. The summed E-state index contributed by atoms with van der Waals surface area (Å²) in [6, 6.07) is 20.0. The molecular weight excluding hydrogens is 472 g/mol. The first-order valence-electron chi connectivity index (χ1n) is 12.4. The van der Waals surface area contributed by atoms with E-state index in [4.69, 9.17) is 14.6 Å². The zero-order valence-corrected chi connectivity index (χ0v) is 20.5. The van der Waals surface area contributed by atoms with Gasteiger partial charge < -0.3 is 35.0 Å². The van der Waals surface area contributed by atoms with E-state index in [1.54, 1.807) is 12.1 Å². The van der Waals surface area contributed by atoms with Crippen molar-refractivity contribution in [3.8, 4) is 11.1 Å². The molecule has 37 heavy (non-hydrogen) atoms. The first kappa shape index (κ1) is 24.6. The lowest BCUT2D eigenvalue weighted by Crippen LogP contribution is -2.38. The van der Waals surface area contributed by atoms with Crippen LogP contribution in [-0.2, 0) is 9.47 Å². The molecule has 9 heteroatoms. The number of rotatable bonds is 6. The summed E-state index contributed by atoms with van der Waals surface area (Å²) in [5.74, 6) is -1.01. The second kappa shape index (κ2) is 11.3. The number of amides is 2. The van der Waals surface area contributed by atoms with Gasteiger partial charge in [-0.2, -0.15) is 0 Å². The van der Waals surface area contributed by atoms with Crippen LogP contribution in [0.4, 0.5) is 27.5 Å². The van der Waals surface area contributed by atoms with Crippen molar-refractivity contribution in [2.24, 2.45) is 0 Å². The van der Waals surface area contributed by atoms with Gasteiger partial charge in [-0.25, -0.2) is 9.59 Å². The zero-order chi connectivity index (χ0) is 25.6. The molecule has 3 N–H and O–H groups in total. The van der Waals surface area contributed by atoms with E-state index < -0.39 is 12.0 Å². The molecule has 192 valence electrons. The molecule has 3 aromatic carbocycles. The molecule has 0 aliphatic carbocycles. The number of nitrogens with zero attached hydrogens (tertiary/aromatic N) is 2. The van der Waals surface area contributed by atoms with Crippen molar-refractivity contribution in [3.05, 3.63) is 72.3 Å². The van der Waals surface area contributed by atoms with Crippen molar-refractivity contribution >= 4 is 34.7 Å². The lowest BCUT2D eigenvalue weighted by atomic mass is 10.0. The lowest BCUT2D eigenvalue weighted by Gasteiger charge is -2.33. The van der Waals surface area contributed by atoms with E-state index >= 15 is 0 Å². The number of carboxylic acid groups (broad SMARTS) is 1. The molecule has 2 aliphatic heterocycles. The molecule has 0 radical (unpaired) electrons. The maximum absolute atomic E-state index is 12.4. The van der Waals surface area contributed by atoms with Crippen molar-refractivity contribution in [3.63, 3.8) is 0 Å². The highest BCUT2D eigenvalue weighted by molar-refractivity contribution is 6.00. The van der Waals surface area contributed by atoms with E-state index in [0.717, 1.165) is 63.7 Å². The fraction of sp³-hybridized carbons (Fsp3) is 0.286. The van der Waals surface area contributed by atoms with Crippen LogP contribution in [0, 0.1) is 0 Å². The Morgan fingerprint density at radius 1 is 0.649 bits per heavy atom. The van der Waals surface area contributed by atoms with Crippen LogP contribution in [0.25, 0.3) is 11.1 Å². The number of benzene rings is 3. The fourth-order valence-corrected chi connectivity index (χ4v) is 4.51. The summed E-state index contributed by atoms with van der Waals surface area (Å²) in [7, 11) is 0. The molecule has 2 amide bonds. The third kappa shape index (κ3) is 6.19. The summed E-state index contributed by atoms with van der Waals surface area (Å²) >= 11 is 0. The Balaban J connectivity index is 1.31. The van der Waals surface area contributed by atoms with Crippen molar-refractivity contribution in [1.82, 2.24) is 0 Å². The van der Waals surface area contributed by atoms with E-state index in [0.29, 0.717) is 11.4 Å². The zero-order valence-electron chi connectivity index (χ0n) is 20.5. The summed E-state index contributed by atoms with van der Waals surface area (Å²) in [5.41, 5.74) is 5.85. The number of anilines is 4. The molecule has 9 nitrogen and oxygen atoms in total. The Morgan fingerprint density at radius 3 is 1.57 bits per heavy atom. The molecule has 0 aromatic heterocycles. The monoisotopic (exact) mass is 502 g/mol. The molecule has 5 rings (SSSR count). The molecule has 2 aliphatic rings. The number of carbonyl (C=O) groups excluding carboxylic acids is 1. The maximum atomic E-state index is 12.4. The third-order valence-electron chi connectivity index (χ3n) is 6.52. The van der Waals surface area contributed by atoms with Crippen LogP contribution in [0.5, 0.6) is 0 Å². The number of nitrogens with one attached hydrogen (secondary N) is 2. The molecular formula is C28H30N4O5.